The van der Waals surface area contributed by atoms with Crippen LogP contribution in [-0.4, -0.2) is 46.2 Å². The number of ether oxygens (including phenoxy) is 3. The first-order chi connectivity index (χ1) is 14.0. The smallest absolute Gasteiger partial charge is 0.341 e. The fourth-order valence-corrected chi connectivity index (χ4v) is 3.24. The van der Waals surface area contributed by atoms with E-state index in [0.717, 1.165) is 23.2 Å². The Kier molecular flexibility index (Phi) is 4.99. The Labute approximate surface area is 166 Å². The van der Waals surface area contributed by atoms with E-state index in [1.807, 2.05) is 25.1 Å². The van der Waals surface area contributed by atoms with Crippen LogP contribution in [0.2, 0.25) is 0 Å². The molecule has 0 amide bonds. The molecule has 0 saturated carbocycles. The average molecular weight is 396 g/mol. The lowest BCUT2D eigenvalue weighted by molar-refractivity contribution is -0.139. The molecule has 0 fully saturated rings. The van der Waals surface area contributed by atoms with E-state index in [4.69, 9.17) is 19.3 Å². The summed E-state index contributed by atoms with van der Waals surface area (Å²) in [5.41, 5.74) is 3.61. The number of H-pyrrole nitrogens is 1. The Hall–Kier alpha value is -3.68. The monoisotopic (exact) mass is 396 g/mol. The average Bonchev–Trinajstić information content (AvgIpc) is 2.93. The normalized spacial score (nSPS) is 13.0. The van der Waals surface area contributed by atoms with E-state index >= 15 is 0 Å². The molecule has 150 valence electrons. The number of hydrogen-bond donors (Lipinski definition) is 3. The molecule has 3 aromatic rings. The van der Waals surface area contributed by atoms with Crippen molar-refractivity contribution in [1.29, 1.82) is 0 Å². The molecule has 0 bridgehead atoms. The molecule has 2 aromatic carbocycles. The summed E-state index contributed by atoms with van der Waals surface area (Å²) in [6.07, 6.45) is 0.824. The predicted octanol–water partition coefficient (Wildman–Crippen LogP) is 3.38. The summed E-state index contributed by atoms with van der Waals surface area (Å²) in [5, 5.41) is 26.5. The standard InChI is InChI=1S/C21H20N2O6/c1-12-20(13-3-6-17-18(9-13)28-8-2-7-27-17)21(23-22-12)15-5-4-14(10-16(15)24)29-11-19(25)26/h3-6,9-10,24H,2,7-8,11H2,1H3,(H,22,23)(H,25,26). The number of carboxylic acids is 1. The van der Waals surface area contributed by atoms with Crippen molar-refractivity contribution in [3.8, 4) is 45.4 Å². The van der Waals surface area contributed by atoms with Gasteiger partial charge in [0.15, 0.2) is 18.1 Å². The van der Waals surface area contributed by atoms with Crippen LogP contribution in [0.5, 0.6) is 23.0 Å². The van der Waals surface area contributed by atoms with Crippen LogP contribution in [0.3, 0.4) is 0 Å². The molecular formula is C21H20N2O6. The van der Waals surface area contributed by atoms with Gasteiger partial charge in [0.05, 0.1) is 13.2 Å². The summed E-state index contributed by atoms with van der Waals surface area (Å²) in [7, 11) is 0. The number of fused-ring (bicyclic) bond motifs is 1. The maximum Gasteiger partial charge on any atom is 0.341 e. The lowest BCUT2D eigenvalue weighted by atomic mass is 9.98. The van der Waals surface area contributed by atoms with Gasteiger partial charge >= 0.3 is 5.97 Å². The van der Waals surface area contributed by atoms with Crippen LogP contribution in [0.25, 0.3) is 22.4 Å². The second-order valence-electron chi connectivity index (χ2n) is 6.65. The van der Waals surface area contributed by atoms with Gasteiger partial charge in [-0.05, 0) is 36.8 Å². The number of phenolic OH excluding ortho intramolecular Hbond substituents is 1. The topological polar surface area (TPSA) is 114 Å². The minimum Gasteiger partial charge on any atom is -0.507 e. The van der Waals surface area contributed by atoms with Crippen molar-refractivity contribution < 1.29 is 29.2 Å². The number of aryl methyl sites for hydroxylation is 1. The highest BCUT2D eigenvalue weighted by atomic mass is 16.5. The quantitative estimate of drug-likeness (QED) is 0.606. The minimum absolute atomic E-state index is 0.0602. The Morgan fingerprint density at radius 2 is 1.97 bits per heavy atom. The van der Waals surface area contributed by atoms with Gasteiger partial charge in [-0.2, -0.15) is 5.10 Å². The van der Waals surface area contributed by atoms with Gasteiger partial charge in [-0.1, -0.05) is 6.07 Å². The van der Waals surface area contributed by atoms with E-state index in [-0.39, 0.29) is 11.5 Å². The number of aromatic amines is 1. The minimum atomic E-state index is -1.09. The summed E-state index contributed by atoms with van der Waals surface area (Å²) < 4.78 is 16.6. The summed E-state index contributed by atoms with van der Waals surface area (Å²) >= 11 is 0. The second kappa shape index (κ2) is 7.75. The van der Waals surface area contributed by atoms with Crippen LogP contribution in [0.4, 0.5) is 0 Å². The van der Waals surface area contributed by atoms with Gasteiger partial charge in [-0.3, -0.25) is 5.10 Å². The molecule has 0 saturated heterocycles. The van der Waals surface area contributed by atoms with E-state index in [9.17, 15) is 9.90 Å². The maximum absolute atomic E-state index is 10.7. The molecule has 1 aromatic heterocycles. The van der Waals surface area contributed by atoms with Crippen molar-refractivity contribution in [2.75, 3.05) is 19.8 Å². The summed E-state index contributed by atoms with van der Waals surface area (Å²) in [4.78, 5) is 10.7. The summed E-state index contributed by atoms with van der Waals surface area (Å²) in [6, 6.07) is 10.3. The van der Waals surface area contributed by atoms with Crippen LogP contribution in [-0.2, 0) is 4.79 Å². The molecule has 2 heterocycles. The largest absolute Gasteiger partial charge is 0.507 e. The number of aromatic hydroxyl groups is 1. The third kappa shape index (κ3) is 3.82. The Morgan fingerprint density at radius 1 is 1.17 bits per heavy atom. The molecule has 1 aliphatic rings. The molecule has 0 atom stereocenters. The van der Waals surface area contributed by atoms with Gasteiger partial charge in [0.2, 0.25) is 0 Å². The molecular weight excluding hydrogens is 376 g/mol. The van der Waals surface area contributed by atoms with Crippen molar-refractivity contribution in [1.82, 2.24) is 10.2 Å². The van der Waals surface area contributed by atoms with E-state index in [1.165, 1.54) is 6.07 Å². The van der Waals surface area contributed by atoms with Gasteiger partial charge in [0, 0.05) is 29.3 Å². The molecule has 8 heteroatoms. The number of carbonyl (C=O) groups is 1. The summed E-state index contributed by atoms with van der Waals surface area (Å²) in [5.74, 6) is 0.492. The van der Waals surface area contributed by atoms with Gasteiger partial charge in [-0.15, -0.1) is 0 Å². The first-order valence-corrected chi connectivity index (χ1v) is 9.16. The molecule has 0 aliphatic carbocycles. The van der Waals surface area contributed by atoms with Crippen molar-refractivity contribution in [2.24, 2.45) is 0 Å². The Bertz CT molecular complexity index is 1060. The molecule has 0 radical (unpaired) electrons. The highest BCUT2D eigenvalue weighted by molar-refractivity contribution is 5.86. The summed E-state index contributed by atoms with van der Waals surface area (Å²) in [6.45, 7) is 2.62. The van der Waals surface area contributed by atoms with Gasteiger partial charge in [0.25, 0.3) is 0 Å². The van der Waals surface area contributed by atoms with Crippen molar-refractivity contribution in [2.45, 2.75) is 13.3 Å². The fraction of sp³-hybridized carbons (Fsp3) is 0.238. The van der Waals surface area contributed by atoms with E-state index in [1.54, 1.807) is 12.1 Å². The van der Waals surface area contributed by atoms with Crippen molar-refractivity contribution in [3.05, 3.63) is 42.1 Å². The van der Waals surface area contributed by atoms with Gasteiger partial charge < -0.3 is 24.4 Å². The van der Waals surface area contributed by atoms with E-state index < -0.39 is 12.6 Å². The van der Waals surface area contributed by atoms with Crippen LogP contribution in [0.1, 0.15) is 12.1 Å². The zero-order valence-electron chi connectivity index (χ0n) is 15.8. The molecule has 4 rings (SSSR count). The number of phenols is 1. The molecule has 0 unspecified atom stereocenters. The number of carboxylic acid groups (broad SMARTS) is 1. The number of aliphatic carboxylic acids is 1. The third-order valence-corrected chi connectivity index (χ3v) is 4.57. The van der Waals surface area contributed by atoms with Crippen molar-refractivity contribution >= 4 is 5.97 Å². The lowest BCUT2D eigenvalue weighted by Crippen LogP contribution is -2.09. The number of nitrogens with zero attached hydrogens (tertiary/aromatic N) is 1. The number of hydrogen-bond acceptors (Lipinski definition) is 6. The van der Waals surface area contributed by atoms with Crippen LogP contribution in [0.15, 0.2) is 36.4 Å². The number of benzene rings is 2. The number of nitrogens with one attached hydrogen (secondary N) is 1. The molecule has 29 heavy (non-hydrogen) atoms. The number of rotatable bonds is 5. The molecule has 1 aliphatic heterocycles. The SMILES string of the molecule is Cc1[nH]nc(-c2ccc(OCC(=O)O)cc2O)c1-c1ccc2c(c1)OCCCO2. The fourth-order valence-electron chi connectivity index (χ4n) is 3.24. The van der Waals surface area contributed by atoms with Crippen molar-refractivity contribution in [3.63, 3.8) is 0 Å². The first-order valence-electron chi connectivity index (χ1n) is 9.16. The van der Waals surface area contributed by atoms with Crippen LogP contribution >= 0.6 is 0 Å². The van der Waals surface area contributed by atoms with E-state index in [2.05, 4.69) is 10.2 Å². The Morgan fingerprint density at radius 3 is 2.72 bits per heavy atom. The highest BCUT2D eigenvalue weighted by Crippen LogP contribution is 2.41. The first kappa shape index (κ1) is 18.7. The zero-order valence-corrected chi connectivity index (χ0v) is 15.8. The molecule has 3 N–H and O–H groups in total. The van der Waals surface area contributed by atoms with E-state index in [0.29, 0.717) is 36.0 Å². The maximum atomic E-state index is 10.7. The third-order valence-electron chi connectivity index (χ3n) is 4.57. The zero-order chi connectivity index (χ0) is 20.4. The molecule has 8 nitrogen and oxygen atoms in total. The number of aromatic nitrogens is 2. The second-order valence-corrected chi connectivity index (χ2v) is 6.65. The van der Waals surface area contributed by atoms with Gasteiger partial charge in [-0.25, -0.2) is 4.79 Å². The van der Waals surface area contributed by atoms with Gasteiger partial charge in [0.1, 0.15) is 17.2 Å². The lowest BCUT2D eigenvalue weighted by Gasteiger charge is -2.11. The van der Waals surface area contributed by atoms with Crippen LogP contribution < -0.4 is 14.2 Å². The molecule has 0 spiro atoms. The van der Waals surface area contributed by atoms with Crippen LogP contribution in [0, 0.1) is 6.92 Å². The highest BCUT2D eigenvalue weighted by Gasteiger charge is 2.20. The predicted molar refractivity (Wildman–Crippen MR) is 105 cm³/mol. The Balaban J connectivity index is 1.71.